The fourth-order valence-electron chi connectivity index (χ4n) is 4.51. The lowest BCUT2D eigenvalue weighted by molar-refractivity contribution is -0.129. The quantitative estimate of drug-likeness (QED) is 0.202. The van der Waals surface area contributed by atoms with Gasteiger partial charge < -0.3 is 20.6 Å². The summed E-state index contributed by atoms with van der Waals surface area (Å²) in [5.41, 5.74) is 10.0. The van der Waals surface area contributed by atoms with Crippen molar-refractivity contribution in [3.63, 3.8) is 0 Å². The number of hydrogen-bond donors (Lipinski definition) is 2. The van der Waals surface area contributed by atoms with Crippen molar-refractivity contribution in [2.24, 2.45) is 5.73 Å². The van der Waals surface area contributed by atoms with Gasteiger partial charge in [0, 0.05) is 13.0 Å². The summed E-state index contributed by atoms with van der Waals surface area (Å²) in [4.78, 5) is 39.8. The van der Waals surface area contributed by atoms with Crippen molar-refractivity contribution < 1.29 is 19.1 Å². The Morgan fingerprint density at radius 1 is 0.974 bits per heavy atom. The number of amides is 2. The highest BCUT2D eigenvalue weighted by atomic mass is 16.6. The Labute approximate surface area is 233 Å². The van der Waals surface area contributed by atoms with Gasteiger partial charge in [0.15, 0.2) is 6.17 Å². The van der Waals surface area contributed by atoms with Gasteiger partial charge in [-0.05, 0) is 75.0 Å². The molecule has 0 radical (unpaired) electrons. The summed E-state index contributed by atoms with van der Waals surface area (Å²) in [6, 6.07) is 16.3. The lowest BCUT2D eigenvalue weighted by atomic mass is 9.98. The minimum absolute atomic E-state index is 0.205. The number of hydrogen-bond acceptors (Lipinski definition) is 6. The molecule has 1 unspecified atom stereocenters. The maximum atomic E-state index is 13.1. The van der Waals surface area contributed by atoms with Gasteiger partial charge >= 0.3 is 6.09 Å². The number of ketones is 1. The van der Waals surface area contributed by atoms with Crippen LogP contribution in [-0.4, -0.2) is 60.5 Å². The van der Waals surface area contributed by atoms with Gasteiger partial charge in [0.25, 0.3) is 5.91 Å². The summed E-state index contributed by atoms with van der Waals surface area (Å²) >= 11 is 0. The Bertz CT molecular complexity index is 1040. The zero-order valence-electron chi connectivity index (χ0n) is 24.1. The van der Waals surface area contributed by atoms with Crippen LogP contribution in [0, 0.1) is 0 Å². The molecule has 0 saturated carbocycles. The minimum atomic E-state index is -0.902. The number of rotatable bonds is 18. The first-order chi connectivity index (χ1) is 18.8. The smallest absolute Gasteiger partial charge is 0.411 e. The molecule has 0 aromatic heterocycles. The highest BCUT2D eigenvalue weighted by Gasteiger charge is 2.32. The number of ether oxygens (including phenoxy) is 1. The molecule has 2 rings (SSSR count). The summed E-state index contributed by atoms with van der Waals surface area (Å²) < 4.78 is 5.49. The molecular weight excluding hydrogens is 492 g/mol. The monoisotopic (exact) mass is 538 g/mol. The van der Waals surface area contributed by atoms with Gasteiger partial charge in [-0.25, -0.2) is 4.79 Å². The van der Waals surface area contributed by atoms with Gasteiger partial charge in [-0.1, -0.05) is 68.8 Å². The molecule has 0 spiro atoms. The SMILES string of the molecule is CCCCOC(=O)N(Cc1ccc(-c2ccccc2CNCCCCC(C)=O)cc1)C(C(N)=O)N(C)CCC. The molecule has 0 aliphatic rings. The lowest BCUT2D eigenvalue weighted by Gasteiger charge is -2.35. The first-order valence-electron chi connectivity index (χ1n) is 14.1. The molecule has 0 aliphatic heterocycles. The van der Waals surface area contributed by atoms with E-state index in [0.717, 1.165) is 61.9 Å². The molecule has 2 aromatic rings. The van der Waals surface area contributed by atoms with E-state index in [4.69, 9.17) is 10.5 Å². The van der Waals surface area contributed by atoms with Crippen LogP contribution in [-0.2, 0) is 27.4 Å². The summed E-state index contributed by atoms with van der Waals surface area (Å²) in [7, 11) is 1.79. The van der Waals surface area contributed by atoms with Crippen LogP contribution >= 0.6 is 0 Å². The number of primary amides is 1. The van der Waals surface area contributed by atoms with Crippen molar-refractivity contribution in [1.82, 2.24) is 15.1 Å². The highest BCUT2D eigenvalue weighted by Crippen LogP contribution is 2.25. The number of carbonyl (C=O) groups excluding carboxylic acids is 3. The Morgan fingerprint density at radius 2 is 1.69 bits per heavy atom. The van der Waals surface area contributed by atoms with E-state index < -0.39 is 18.2 Å². The summed E-state index contributed by atoms with van der Waals surface area (Å²) in [5, 5.41) is 3.48. The average molecular weight is 539 g/mol. The Morgan fingerprint density at radius 3 is 2.33 bits per heavy atom. The van der Waals surface area contributed by atoms with Crippen LogP contribution in [0.2, 0.25) is 0 Å². The van der Waals surface area contributed by atoms with Gasteiger partial charge in [0.2, 0.25) is 0 Å². The molecule has 8 nitrogen and oxygen atoms in total. The van der Waals surface area contributed by atoms with Crippen molar-refractivity contribution in [3.05, 3.63) is 59.7 Å². The molecule has 39 heavy (non-hydrogen) atoms. The lowest BCUT2D eigenvalue weighted by Crippen LogP contribution is -2.56. The maximum absolute atomic E-state index is 13.1. The van der Waals surface area contributed by atoms with E-state index in [1.807, 2.05) is 50.2 Å². The molecule has 2 aromatic carbocycles. The number of carbonyl (C=O) groups is 3. The van der Waals surface area contributed by atoms with Crippen LogP contribution in [0.5, 0.6) is 0 Å². The minimum Gasteiger partial charge on any atom is -0.449 e. The highest BCUT2D eigenvalue weighted by molar-refractivity contribution is 5.84. The third kappa shape index (κ3) is 10.8. The van der Waals surface area contributed by atoms with Gasteiger partial charge in [0.05, 0.1) is 13.2 Å². The summed E-state index contributed by atoms with van der Waals surface area (Å²) in [6.45, 7) is 8.39. The number of nitrogens with two attached hydrogens (primary N) is 1. The van der Waals surface area contributed by atoms with Crippen LogP contribution in [0.3, 0.4) is 0 Å². The third-order valence-electron chi connectivity index (χ3n) is 6.58. The molecule has 0 aliphatic carbocycles. The number of unbranched alkanes of at least 4 members (excludes halogenated alkanes) is 2. The molecule has 0 saturated heterocycles. The van der Waals surface area contributed by atoms with E-state index >= 15 is 0 Å². The Hall–Kier alpha value is -3.23. The number of benzene rings is 2. The fourth-order valence-corrected chi connectivity index (χ4v) is 4.51. The summed E-state index contributed by atoms with van der Waals surface area (Å²) in [5.74, 6) is -0.351. The van der Waals surface area contributed by atoms with Gasteiger partial charge in [-0.3, -0.25) is 14.6 Å². The standard InChI is InChI=1S/C31H46N4O4/c1-5-7-21-39-31(38)35(30(29(32)37)34(4)20-6-2)23-25-15-17-26(18-16-25)28-14-9-8-13-27(28)22-33-19-11-10-12-24(3)36/h8-9,13-18,30,33H,5-7,10-12,19-23H2,1-4H3,(H2,32,37). The molecule has 1 atom stereocenters. The van der Waals surface area contributed by atoms with Crippen LogP contribution in [0.1, 0.15) is 70.4 Å². The molecule has 0 fully saturated rings. The van der Waals surface area contributed by atoms with Crippen molar-refractivity contribution in [1.29, 1.82) is 0 Å². The predicted octanol–water partition coefficient (Wildman–Crippen LogP) is 5.09. The molecule has 3 N–H and O–H groups in total. The predicted molar refractivity (Wildman–Crippen MR) is 156 cm³/mol. The zero-order chi connectivity index (χ0) is 28.6. The number of nitrogens with one attached hydrogen (secondary N) is 1. The molecule has 214 valence electrons. The molecular formula is C31H46N4O4. The fraction of sp³-hybridized carbons (Fsp3) is 0.516. The first kappa shape index (κ1) is 32.0. The number of likely N-dealkylation sites (N-methyl/N-ethyl adjacent to an activating group) is 1. The maximum Gasteiger partial charge on any atom is 0.411 e. The second-order valence-corrected chi connectivity index (χ2v) is 10.0. The third-order valence-corrected chi connectivity index (χ3v) is 6.58. The molecule has 8 heteroatoms. The van der Waals surface area contributed by atoms with Gasteiger partial charge in [-0.2, -0.15) is 0 Å². The normalized spacial score (nSPS) is 11.8. The Balaban J connectivity index is 2.17. The van der Waals surface area contributed by atoms with Gasteiger partial charge in [0.1, 0.15) is 5.78 Å². The van der Waals surface area contributed by atoms with Crippen molar-refractivity contribution in [2.75, 3.05) is 26.7 Å². The molecule has 0 bridgehead atoms. The summed E-state index contributed by atoms with van der Waals surface area (Å²) in [6.07, 6.45) is 3.54. The van der Waals surface area contributed by atoms with E-state index in [9.17, 15) is 14.4 Å². The van der Waals surface area contributed by atoms with Crippen molar-refractivity contribution in [3.8, 4) is 11.1 Å². The number of Topliss-reactive ketones (excluding diaryl/α,β-unsaturated/α-hetero) is 1. The second-order valence-electron chi connectivity index (χ2n) is 10.0. The van der Waals surface area contributed by atoms with Crippen LogP contribution in [0.25, 0.3) is 11.1 Å². The van der Waals surface area contributed by atoms with Gasteiger partial charge in [-0.15, -0.1) is 0 Å². The van der Waals surface area contributed by atoms with Crippen molar-refractivity contribution in [2.45, 2.75) is 78.6 Å². The zero-order valence-corrected chi connectivity index (χ0v) is 24.1. The van der Waals surface area contributed by atoms with E-state index in [1.54, 1.807) is 18.9 Å². The van der Waals surface area contributed by atoms with Crippen LogP contribution < -0.4 is 11.1 Å². The van der Waals surface area contributed by atoms with E-state index in [0.29, 0.717) is 19.6 Å². The van der Waals surface area contributed by atoms with E-state index in [2.05, 4.69) is 17.4 Å². The topological polar surface area (TPSA) is 105 Å². The second kappa shape index (κ2) is 17.4. The van der Waals surface area contributed by atoms with E-state index in [-0.39, 0.29) is 12.3 Å². The van der Waals surface area contributed by atoms with Crippen molar-refractivity contribution >= 4 is 17.8 Å². The first-order valence-corrected chi connectivity index (χ1v) is 14.1. The van der Waals surface area contributed by atoms with Crippen LogP contribution in [0.15, 0.2) is 48.5 Å². The molecule has 2 amide bonds. The number of nitrogens with zero attached hydrogens (tertiary/aromatic N) is 2. The molecule has 0 heterocycles. The Kier molecular flexibility index (Phi) is 14.3. The largest absolute Gasteiger partial charge is 0.449 e. The van der Waals surface area contributed by atoms with Crippen LogP contribution in [0.4, 0.5) is 4.79 Å². The van der Waals surface area contributed by atoms with E-state index in [1.165, 1.54) is 10.5 Å². The average Bonchev–Trinajstić information content (AvgIpc) is 2.91.